The van der Waals surface area contributed by atoms with Crippen molar-refractivity contribution in [2.45, 2.75) is 84.1 Å². The van der Waals surface area contributed by atoms with Crippen molar-refractivity contribution < 1.29 is 37.8 Å². The Morgan fingerprint density at radius 2 is 1.68 bits per heavy atom. The van der Waals surface area contributed by atoms with Gasteiger partial charge in [0.25, 0.3) is 0 Å². The highest BCUT2D eigenvalue weighted by molar-refractivity contribution is 5.91. The van der Waals surface area contributed by atoms with E-state index in [-0.39, 0.29) is 19.3 Å². The third-order valence-corrected chi connectivity index (χ3v) is 5.47. The van der Waals surface area contributed by atoms with E-state index in [4.69, 9.17) is 14.2 Å². The molecule has 2 rings (SSSR count). The highest BCUT2D eigenvalue weighted by Gasteiger charge is 2.35. The molecule has 0 saturated carbocycles. The van der Waals surface area contributed by atoms with E-state index in [0.29, 0.717) is 16.5 Å². The number of alkyl carbamates (subject to hydrolysis) is 1. The summed E-state index contributed by atoms with van der Waals surface area (Å²) in [4.78, 5) is 55.3. The Hall–Kier alpha value is -3.63. The lowest BCUT2D eigenvalue weighted by Crippen LogP contribution is -2.54. The van der Waals surface area contributed by atoms with E-state index in [1.807, 2.05) is 0 Å². The van der Waals surface area contributed by atoms with Gasteiger partial charge < -0.3 is 29.4 Å². The van der Waals surface area contributed by atoms with E-state index >= 15 is 0 Å². The molecule has 2 amide bonds. The Bertz CT molecular complexity index is 1160. The SMILES string of the molecule is COC(=O)[C@H](CCC(=O)OC(C)(C)C)N(C)C(=O)[C@H](Cc1c[nH]c2ccc(F)cc12)NC(=O)OC(C)(C)C. The number of methoxy groups -OCH3 is 1. The Morgan fingerprint density at radius 1 is 1.05 bits per heavy atom. The molecule has 0 bridgehead atoms. The first-order chi connectivity index (χ1) is 17.5. The number of nitrogens with one attached hydrogen (secondary N) is 2. The van der Waals surface area contributed by atoms with Gasteiger partial charge in [-0.2, -0.15) is 0 Å². The van der Waals surface area contributed by atoms with Gasteiger partial charge in [-0.1, -0.05) is 0 Å². The zero-order chi connectivity index (χ0) is 28.8. The number of H-pyrrole nitrogens is 1. The second-order valence-corrected chi connectivity index (χ2v) is 11.0. The normalized spacial score (nSPS) is 13.4. The number of fused-ring (bicyclic) bond motifs is 1. The van der Waals surface area contributed by atoms with Crippen LogP contribution in [0.3, 0.4) is 0 Å². The molecule has 0 radical (unpaired) electrons. The van der Waals surface area contributed by atoms with Crippen LogP contribution in [-0.2, 0) is 35.0 Å². The first kappa shape index (κ1) is 30.6. The largest absolute Gasteiger partial charge is 0.467 e. The summed E-state index contributed by atoms with van der Waals surface area (Å²) in [7, 11) is 2.57. The highest BCUT2D eigenvalue weighted by atomic mass is 19.1. The molecule has 0 aliphatic carbocycles. The average Bonchev–Trinajstić information content (AvgIpc) is 3.17. The number of likely N-dealkylation sites (N-methyl/N-ethyl adjacent to an activating group) is 1. The van der Waals surface area contributed by atoms with Crippen molar-refractivity contribution in [3.63, 3.8) is 0 Å². The quantitative estimate of drug-likeness (QED) is 0.369. The number of ether oxygens (including phenoxy) is 3. The third-order valence-electron chi connectivity index (χ3n) is 5.47. The second kappa shape index (κ2) is 12.3. The van der Waals surface area contributed by atoms with Crippen LogP contribution >= 0.6 is 0 Å². The van der Waals surface area contributed by atoms with Gasteiger partial charge in [0.15, 0.2) is 0 Å². The van der Waals surface area contributed by atoms with Crippen molar-refractivity contribution in [3.8, 4) is 0 Å². The maximum atomic E-state index is 13.9. The molecule has 11 heteroatoms. The van der Waals surface area contributed by atoms with Crippen molar-refractivity contribution in [1.82, 2.24) is 15.2 Å². The number of amides is 2. The van der Waals surface area contributed by atoms with Crippen molar-refractivity contribution in [2.24, 2.45) is 0 Å². The van der Waals surface area contributed by atoms with Crippen molar-refractivity contribution >= 4 is 34.8 Å². The molecule has 0 saturated heterocycles. The van der Waals surface area contributed by atoms with Gasteiger partial charge in [0.1, 0.15) is 29.1 Å². The molecular weight excluding hydrogens is 497 g/mol. The first-order valence-corrected chi connectivity index (χ1v) is 12.3. The molecule has 2 aromatic rings. The number of aromatic amines is 1. The van der Waals surface area contributed by atoms with Crippen LogP contribution in [0.5, 0.6) is 0 Å². The van der Waals surface area contributed by atoms with E-state index in [9.17, 15) is 23.6 Å². The molecule has 1 aromatic heterocycles. The molecule has 0 aliphatic heterocycles. The van der Waals surface area contributed by atoms with Crippen LogP contribution in [0.2, 0.25) is 0 Å². The molecule has 0 unspecified atom stereocenters. The first-order valence-electron chi connectivity index (χ1n) is 12.3. The van der Waals surface area contributed by atoms with Crippen LogP contribution < -0.4 is 5.32 Å². The van der Waals surface area contributed by atoms with E-state index in [1.54, 1.807) is 53.8 Å². The average molecular weight is 536 g/mol. The molecule has 38 heavy (non-hydrogen) atoms. The molecular formula is C27H38FN3O7. The number of carbonyl (C=O) groups is 4. The highest BCUT2D eigenvalue weighted by Crippen LogP contribution is 2.22. The molecule has 1 aromatic carbocycles. The summed E-state index contributed by atoms with van der Waals surface area (Å²) >= 11 is 0. The fraction of sp³-hybridized carbons (Fsp3) is 0.556. The van der Waals surface area contributed by atoms with Crippen LogP contribution in [-0.4, -0.2) is 71.3 Å². The van der Waals surface area contributed by atoms with Gasteiger partial charge >= 0.3 is 18.0 Å². The zero-order valence-electron chi connectivity index (χ0n) is 23.3. The van der Waals surface area contributed by atoms with Crippen LogP contribution in [0.1, 0.15) is 59.9 Å². The van der Waals surface area contributed by atoms with Gasteiger partial charge in [-0.25, -0.2) is 14.0 Å². The van der Waals surface area contributed by atoms with Crippen LogP contribution in [0.25, 0.3) is 10.9 Å². The van der Waals surface area contributed by atoms with Gasteiger partial charge in [0.05, 0.1) is 7.11 Å². The minimum Gasteiger partial charge on any atom is -0.467 e. The van der Waals surface area contributed by atoms with E-state index in [2.05, 4.69) is 10.3 Å². The van der Waals surface area contributed by atoms with Crippen LogP contribution in [0.15, 0.2) is 24.4 Å². The fourth-order valence-corrected chi connectivity index (χ4v) is 3.84. The topological polar surface area (TPSA) is 127 Å². The van der Waals surface area contributed by atoms with Crippen LogP contribution in [0.4, 0.5) is 9.18 Å². The number of benzene rings is 1. The number of aromatic nitrogens is 1. The number of esters is 2. The number of hydrogen-bond donors (Lipinski definition) is 2. The van der Waals surface area contributed by atoms with Crippen LogP contribution in [0, 0.1) is 5.82 Å². The summed E-state index contributed by atoms with van der Waals surface area (Å²) in [6.45, 7) is 10.2. The van der Waals surface area contributed by atoms with Gasteiger partial charge in [-0.05, 0) is 71.7 Å². The maximum Gasteiger partial charge on any atom is 0.408 e. The molecule has 1 heterocycles. The lowest BCUT2D eigenvalue weighted by atomic mass is 10.0. The van der Waals surface area contributed by atoms with Crippen molar-refractivity contribution in [3.05, 3.63) is 35.8 Å². The molecule has 2 atom stereocenters. The number of hydrogen-bond acceptors (Lipinski definition) is 7. The predicted octanol–water partition coefficient (Wildman–Crippen LogP) is 3.86. The lowest BCUT2D eigenvalue weighted by molar-refractivity contribution is -0.157. The predicted molar refractivity (Wildman–Crippen MR) is 139 cm³/mol. The number of rotatable bonds is 9. The summed E-state index contributed by atoms with van der Waals surface area (Å²) in [5.41, 5.74) is -0.301. The Balaban J connectivity index is 2.33. The fourth-order valence-electron chi connectivity index (χ4n) is 3.84. The molecule has 210 valence electrons. The van der Waals surface area contributed by atoms with Gasteiger partial charge in [-0.15, -0.1) is 0 Å². The summed E-state index contributed by atoms with van der Waals surface area (Å²) in [5.74, 6) is -2.33. The standard InChI is InChI=1S/C27H38FN3O7/c1-26(2,3)37-22(32)12-11-21(24(34)36-8)31(7)23(33)20(30-25(35)38-27(4,5)6)13-16-15-29-19-10-9-17(28)14-18(16)19/h9-10,14-15,20-21,29H,11-13H2,1-8H3,(H,30,35)/t20-,21-/m0/s1. The van der Waals surface area contributed by atoms with Gasteiger partial charge in [0, 0.05) is 37.0 Å². The number of carbonyl (C=O) groups excluding carboxylic acids is 4. The lowest BCUT2D eigenvalue weighted by Gasteiger charge is -2.30. The molecule has 0 aliphatic rings. The Morgan fingerprint density at radius 3 is 2.26 bits per heavy atom. The van der Waals surface area contributed by atoms with E-state index in [1.165, 1.54) is 26.3 Å². The molecule has 2 N–H and O–H groups in total. The zero-order valence-corrected chi connectivity index (χ0v) is 23.3. The van der Waals surface area contributed by atoms with Gasteiger partial charge in [0.2, 0.25) is 5.91 Å². The monoisotopic (exact) mass is 535 g/mol. The van der Waals surface area contributed by atoms with Crippen molar-refractivity contribution in [1.29, 1.82) is 0 Å². The Labute approximate surface area is 222 Å². The second-order valence-electron chi connectivity index (χ2n) is 11.0. The molecule has 10 nitrogen and oxygen atoms in total. The van der Waals surface area contributed by atoms with Gasteiger partial charge in [-0.3, -0.25) is 9.59 Å². The summed E-state index contributed by atoms with van der Waals surface area (Å²) in [5, 5.41) is 3.12. The summed E-state index contributed by atoms with van der Waals surface area (Å²) in [6, 6.07) is 1.92. The summed E-state index contributed by atoms with van der Waals surface area (Å²) in [6.07, 6.45) is 0.577. The minimum absolute atomic E-state index is 0.0220. The molecule has 0 spiro atoms. The number of halogens is 1. The number of nitrogens with zero attached hydrogens (tertiary/aromatic N) is 1. The van der Waals surface area contributed by atoms with Crippen molar-refractivity contribution in [2.75, 3.05) is 14.2 Å². The summed E-state index contributed by atoms with van der Waals surface area (Å²) < 4.78 is 29.5. The maximum absolute atomic E-state index is 13.9. The Kier molecular flexibility index (Phi) is 9.88. The third kappa shape index (κ3) is 9.04. The smallest absolute Gasteiger partial charge is 0.408 e. The molecule has 0 fully saturated rings. The van der Waals surface area contributed by atoms with E-state index in [0.717, 1.165) is 4.90 Å². The van der Waals surface area contributed by atoms with E-state index < -0.39 is 53.0 Å². The minimum atomic E-state index is -1.18.